The van der Waals surface area contributed by atoms with Crippen molar-refractivity contribution >= 4 is 34.8 Å². The van der Waals surface area contributed by atoms with Crippen LogP contribution >= 0.6 is 23.1 Å². The van der Waals surface area contributed by atoms with Crippen LogP contribution in [0, 0.1) is 5.82 Å². The second-order valence-corrected chi connectivity index (χ2v) is 8.21. The van der Waals surface area contributed by atoms with Gasteiger partial charge < -0.3 is 10.1 Å². The summed E-state index contributed by atoms with van der Waals surface area (Å²) in [4.78, 5) is 28.7. The summed E-state index contributed by atoms with van der Waals surface area (Å²) < 4.78 is 18.8. The Morgan fingerprint density at radius 3 is 2.55 bits per heavy atom. The molecule has 0 unspecified atom stereocenters. The molecule has 0 radical (unpaired) electrons. The lowest BCUT2D eigenvalue weighted by atomic mass is 10.1. The monoisotopic (exact) mass is 430 g/mol. The van der Waals surface area contributed by atoms with E-state index < -0.39 is 0 Å². The normalized spacial score (nSPS) is 10.6. The van der Waals surface area contributed by atoms with E-state index in [0.29, 0.717) is 17.8 Å². The maximum absolute atomic E-state index is 12.9. The van der Waals surface area contributed by atoms with Crippen LogP contribution in [0.1, 0.15) is 21.6 Å². The van der Waals surface area contributed by atoms with Gasteiger partial charge >= 0.3 is 0 Å². The molecule has 1 amide bonds. The molecule has 0 aliphatic carbocycles. The number of carbonyl (C=O) groups excluding carboxylic acids is 2. The molecule has 5 nitrogen and oxygen atoms in total. The van der Waals surface area contributed by atoms with Crippen LogP contribution in [0.4, 0.5) is 4.39 Å². The summed E-state index contributed by atoms with van der Waals surface area (Å²) in [7, 11) is 1.61. The number of hydrogen-bond acceptors (Lipinski definition) is 6. The molecule has 0 fully saturated rings. The van der Waals surface area contributed by atoms with Crippen LogP contribution in [0.25, 0.3) is 0 Å². The Balaban J connectivity index is 1.44. The van der Waals surface area contributed by atoms with Gasteiger partial charge in [-0.3, -0.25) is 9.59 Å². The number of methoxy groups -OCH3 is 1. The van der Waals surface area contributed by atoms with E-state index in [-0.39, 0.29) is 29.7 Å². The van der Waals surface area contributed by atoms with Crippen LogP contribution in [0.2, 0.25) is 0 Å². The summed E-state index contributed by atoms with van der Waals surface area (Å²) in [6.07, 6.45) is 0.180. The molecule has 150 valence electrons. The number of ether oxygens (including phenoxy) is 1. The lowest BCUT2D eigenvalue weighted by Gasteiger charge is -2.05. The molecule has 1 heterocycles. The average molecular weight is 431 g/mol. The van der Waals surface area contributed by atoms with Crippen molar-refractivity contribution in [1.82, 2.24) is 10.3 Å². The molecule has 0 aliphatic rings. The number of ketones is 1. The second-order valence-electron chi connectivity index (χ2n) is 6.13. The summed E-state index contributed by atoms with van der Waals surface area (Å²) in [5.74, 6) is 0.394. The number of thioether (sulfide) groups is 1. The summed E-state index contributed by atoms with van der Waals surface area (Å²) >= 11 is 2.71. The second kappa shape index (κ2) is 10.2. The number of nitrogens with one attached hydrogen (secondary N) is 1. The molecule has 1 aromatic heterocycles. The van der Waals surface area contributed by atoms with Crippen molar-refractivity contribution < 1.29 is 18.7 Å². The van der Waals surface area contributed by atoms with Gasteiger partial charge in [0.05, 0.1) is 25.0 Å². The number of thiazole rings is 1. The van der Waals surface area contributed by atoms with Crippen molar-refractivity contribution in [2.45, 2.75) is 17.3 Å². The summed E-state index contributed by atoms with van der Waals surface area (Å²) in [6, 6.07) is 13.0. The van der Waals surface area contributed by atoms with E-state index >= 15 is 0 Å². The van der Waals surface area contributed by atoms with Gasteiger partial charge in [-0.05, 0) is 42.0 Å². The Hall–Kier alpha value is -2.71. The van der Waals surface area contributed by atoms with E-state index in [1.165, 1.54) is 47.4 Å². The summed E-state index contributed by atoms with van der Waals surface area (Å²) in [5, 5.41) is 4.68. The highest BCUT2D eigenvalue weighted by Gasteiger charge is 2.11. The quantitative estimate of drug-likeness (QED) is 0.408. The number of nitrogens with zero attached hydrogens (tertiary/aromatic N) is 1. The number of benzene rings is 2. The van der Waals surface area contributed by atoms with E-state index in [4.69, 9.17) is 4.74 Å². The predicted molar refractivity (Wildman–Crippen MR) is 112 cm³/mol. The predicted octanol–water partition coefficient (Wildman–Crippen LogP) is 4.12. The minimum Gasteiger partial charge on any atom is -0.497 e. The maximum atomic E-state index is 12.9. The third-order valence-electron chi connectivity index (χ3n) is 4.01. The van der Waals surface area contributed by atoms with Crippen molar-refractivity contribution in [1.29, 1.82) is 0 Å². The summed E-state index contributed by atoms with van der Waals surface area (Å²) in [6.45, 7) is 0.431. The molecule has 3 aromatic rings. The first kappa shape index (κ1) is 21.0. The van der Waals surface area contributed by atoms with Crippen molar-refractivity contribution in [3.63, 3.8) is 0 Å². The van der Waals surface area contributed by atoms with Crippen molar-refractivity contribution in [2.75, 3.05) is 12.9 Å². The first-order valence-electron chi connectivity index (χ1n) is 8.79. The third kappa shape index (κ3) is 6.40. The molecule has 0 aliphatic heterocycles. The van der Waals surface area contributed by atoms with Crippen LogP contribution in [0.3, 0.4) is 0 Å². The van der Waals surface area contributed by atoms with Gasteiger partial charge in [0, 0.05) is 17.5 Å². The number of aromatic nitrogens is 1. The Kier molecular flexibility index (Phi) is 7.37. The highest BCUT2D eigenvalue weighted by Crippen LogP contribution is 2.24. The Morgan fingerprint density at radius 2 is 1.86 bits per heavy atom. The standard InChI is InChI=1S/C21H19FN2O3S2/c1-27-18-8-2-14(3-9-18)11-23-20(26)10-17-12-28-21(24-17)29-13-19(25)15-4-6-16(22)7-5-15/h2-9,12H,10-11,13H2,1H3,(H,23,26). The van der Waals surface area contributed by atoms with Gasteiger partial charge in [0.2, 0.25) is 5.91 Å². The van der Waals surface area contributed by atoms with Gasteiger partial charge in [-0.1, -0.05) is 23.9 Å². The van der Waals surface area contributed by atoms with Crippen LogP contribution in [-0.2, 0) is 17.8 Å². The molecule has 0 bridgehead atoms. The molecule has 29 heavy (non-hydrogen) atoms. The lowest BCUT2D eigenvalue weighted by Crippen LogP contribution is -2.24. The third-order valence-corrected chi connectivity index (χ3v) is 6.08. The highest BCUT2D eigenvalue weighted by atomic mass is 32.2. The van der Waals surface area contributed by atoms with Gasteiger partial charge in [-0.2, -0.15) is 0 Å². The lowest BCUT2D eigenvalue weighted by molar-refractivity contribution is -0.120. The van der Waals surface area contributed by atoms with Gasteiger partial charge in [0.1, 0.15) is 11.6 Å². The van der Waals surface area contributed by atoms with Crippen LogP contribution < -0.4 is 10.1 Å². The van der Waals surface area contributed by atoms with Crippen molar-refractivity contribution in [3.05, 3.63) is 76.5 Å². The zero-order valence-corrected chi connectivity index (χ0v) is 17.3. The minimum absolute atomic E-state index is 0.0935. The number of Topliss-reactive ketones (excluding diaryl/α,β-unsaturated/α-hetero) is 1. The fourth-order valence-electron chi connectivity index (χ4n) is 2.45. The van der Waals surface area contributed by atoms with Gasteiger partial charge in [-0.25, -0.2) is 9.37 Å². The van der Waals surface area contributed by atoms with Crippen LogP contribution in [0.15, 0.2) is 58.3 Å². The van der Waals surface area contributed by atoms with Crippen LogP contribution in [0.5, 0.6) is 5.75 Å². The van der Waals surface area contributed by atoms with Crippen LogP contribution in [-0.4, -0.2) is 29.5 Å². The van der Waals surface area contributed by atoms with Gasteiger partial charge in [-0.15, -0.1) is 11.3 Å². The molecule has 8 heteroatoms. The molecular formula is C21H19FN2O3S2. The van der Waals surface area contributed by atoms with E-state index in [9.17, 15) is 14.0 Å². The Labute approximate surface area is 176 Å². The zero-order valence-electron chi connectivity index (χ0n) is 15.7. The highest BCUT2D eigenvalue weighted by molar-refractivity contribution is 8.01. The zero-order chi connectivity index (χ0) is 20.6. The molecule has 1 N–H and O–H groups in total. The van der Waals surface area contributed by atoms with E-state index in [2.05, 4.69) is 10.3 Å². The molecule has 3 rings (SSSR count). The van der Waals surface area contributed by atoms with E-state index in [1.807, 2.05) is 29.6 Å². The fraction of sp³-hybridized carbons (Fsp3) is 0.190. The number of rotatable bonds is 9. The fourth-order valence-corrected chi connectivity index (χ4v) is 4.19. The van der Waals surface area contributed by atoms with E-state index in [0.717, 1.165) is 15.7 Å². The smallest absolute Gasteiger partial charge is 0.226 e. The SMILES string of the molecule is COc1ccc(CNC(=O)Cc2csc(SCC(=O)c3ccc(F)cc3)n2)cc1. The average Bonchev–Trinajstić information content (AvgIpc) is 3.18. The van der Waals surface area contributed by atoms with Crippen molar-refractivity contribution in [3.8, 4) is 5.75 Å². The first-order chi connectivity index (χ1) is 14.0. The molecule has 0 atom stereocenters. The molecule has 0 spiro atoms. The first-order valence-corrected chi connectivity index (χ1v) is 10.7. The van der Waals surface area contributed by atoms with E-state index in [1.54, 1.807) is 7.11 Å². The topological polar surface area (TPSA) is 68.3 Å². The number of amides is 1. The molecule has 0 saturated carbocycles. The number of halogens is 1. The largest absolute Gasteiger partial charge is 0.497 e. The molecule has 0 saturated heterocycles. The van der Waals surface area contributed by atoms with Crippen molar-refractivity contribution in [2.24, 2.45) is 0 Å². The Morgan fingerprint density at radius 1 is 1.14 bits per heavy atom. The minimum atomic E-state index is -0.371. The molecular weight excluding hydrogens is 411 g/mol. The number of hydrogen-bond donors (Lipinski definition) is 1. The van der Waals surface area contributed by atoms with Gasteiger partial charge in [0.25, 0.3) is 0 Å². The number of carbonyl (C=O) groups is 2. The molecule has 2 aromatic carbocycles. The summed E-state index contributed by atoms with van der Waals surface area (Å²) in [5.41, 5.74) is 2.11. The van der Waals surface area contributed by atoms with Gasteiger partial charge in [0.15, 0.2) is 10.1 Å². The Bertz CT molecular complexity index is 972. The maximum Gasteiger partial charge on any atom is 0.226 e.